The highest BCUT2D eigenvalue weighted by Crippen LogP contribution is 2.28. The van der Waals surface area contributed by atoms with Gasteiger partial charge < -0.3 is 9.84 Å². The van der Waals surface area contributed by atoms with Crippen molar-refractivity contribution in [2.24, 2.45) is 0 Å². The van der Waals surface area contributed by atoms with Crippen molar-refractivity contribution < 1.29 is 14.6 Å². The fourth-order valence-electron chi connectivity index (χ4n) is 4.19. The zero-order valence-electron chi connectivity index (χ0n) is 17.8. The van der Waals surface area contributed by atoms with Gasteiger partial charge in [-0.25, -0.2) is 4.98 Å². The Hall–Kier alpha value is -3.22. The Bertz CT molecular complexity index is 1030. The standard InChI is InChI=1S/C24H28N4O3/c1-31-23-11-9-18(14-25-23)21(13-24(29)30)19-15-26-28(16-19)12-4-6-20-10-8-17-5-2-3-7-22(17)27-20/h8-11,14-16,21H,2-7,12-13H2,1H3,(H,29,30). The average molecular weight is 421 g/mol. The predicted molar refractivity (Wildman–Crippen MR) is 116 cm³/mol. The van der Waals surface area contributed by atoms with Gasteiger partial charge in [-0.15, -0.1) is 0 Å². The number of hydrogen-bond donors (Lipinski definition) is 1. The molecule has 1 N–H and O–H groups in total. The van der Waals surface area contributed by atoms with Crippen LogP contribution in [0.2, 0.25) is 0 Å². The van der Waals surface area contributed by atoms with Gasteiger partial charge in [0.15, 0.2) is 0 Å². The number of aliphatic carboxylic acids is 1. The van der Waals surface area contributed by atoms with Gasteiger partial charge in [0, 0.05) is 42.3 Å². The lowest BCUT2D eigenvalue weighted by molar-refractivity contribution is -0.137. The molecule has 0 spiro atoms. The van der Waals surface area contributed by atoms with E-state index < -0.39 is 5.97 Å². The second kappa shape index (κ2) is 9.73. The van der Waals surface area contributed by atoms with E-state index in [9.17, 15) is 9.90 Å². The summed E-state index contributed by atoms with van der Waals surface area (Å²) in [5.41, 5.74) is 5.53. The van der Waals surface area contributed by atoms with Crippen molar-refractivity contribution in [3.05, 3.63) is 70.9 Å². The van der Waals surface area contributed by atoms with E-state index in [4.69, 9.17) is 9.72 Å². The van der Waals surface area contributed by atoms with Gasteiger partial charge in [0.1, 0.15) is 0 Å². The minimum atomic E-state index is -0.855. The number of carboxylic acids is 1. The first-order valence-electron chi connectivity index (χ1n) is 10.8. The van der Waals surface area contributed by atoms with E-state index in [-0.39, 0.29) is 12.3 Å². The molecule has 4 rings (SSSR count). The Morgan fingerprint density at radius 3 is 2.81 bits per heavy atom. The fourth-order valence-corrected chi connectivity index (χ4v) is 4.19. The number of hydrogen-bond acceptors (Lipinski definition) is 5. The normalized spacial score (nSPS) is 14.1. The van der Waals surface area contributed by atoms with Crippen LogP contribution in [-0.4, -0.2) is 37.9 Å². The van der Waals surface area contributed by atoms with E-state index in [1.807, 2.05) is 16.9 Å². The third kappa shape index (κ3) is 5.29. The summed E-state index contributed by atoms with van der Waals surface area (Å²) in [6, 6.07) is 8.00. The van der Waals surface area contributed by atoms with E-state index in [0.717, 1.165) is 49.0 Å². The monoisotopic (exact) mass is 420 g/mol. The quantitative estimate of drug-likeness (QED) is 0.566. The van der Waals surface area contributed by atoms with Gasteiger partial charge in [0.2, 0.25) is 5.88 Å². The van der Waals surface area contributed by atoms with E-state index in [1.165, 1.54) is 24.1 Å². The molecule has 1 atom stereocenters. The van der Waals surface area contributed by atoms with Crippen molar-refractivity contribution in [2.75, 3.05) is 7.11 Å². The van der Waals surface area contributed by atoms with Gasteiger partial charge in [-0.1, -0.05) is 12.1 Å². The van der Waals surface area contributed by atoms with Crippen molar-refractivity contribution in [1.82, 2.24) is 19.7 Å². The highest BCUT2D eigenvalue weighted by molar-refractivity contribution is 5.69. The summed E-state index contributed by atoms with van der Waals surface area (Å²) >= 11 is 0. The lowest BCUT2D eigenvalue weighted by atomic mass is 9.92. The molecular formula is C24H28N4O3. The van der Waals surface area contributed by atoms with Crippen molar-refractivity contribution in [3.63, 3.8) is 0 Å². The summed E-state index contributed by atoms with van der Waals surface area (Å²) in [5, 5.41) is 13.8. The number of carbonyl (C=O) groups is 1. The lowest BCUT2D eigenvalue weighted by Crippen LogP contribution is -2.08. The smallest absolute Gasteiger partial charge is 0.304 e. The van der Waals surface area contributed by atoms with E-state index in [0.29, 0.717) is 5.88 Å². The van der Waals surface area contributed by atoms with E-state index >= 15 is 0 Å². The first-order valence-corrected chi connectivity index (χ1v) is 10.8. The Labute approximate surface area is 182 Å². The number of nitrogens with zero attached hydrogens (tertiary/aromatic N) is 4. The van der Waals surface area contributed by atoms with Crippen molar-refractivity contribution in [2.45, 2.75) is 57.4 Å². The molecule has 31 heavy (non-hydrogen) atoms. The molecule has 7 nitrogen and oxygen atoms in total. The van der Waals surface area contributed by atoms with Crippen LogP contribution < -0.4 is 4.74 Å². The molecule has 1 unspecified atom stereocenters. The van der Waals surface area contributed by atoms with Crippen LogP contribution in [0.15, 0.2) is 42.9 Å². The van der Waals surface area contributed by atoms with Gasteiger partial charge in [-0.2, -0.15) is 5.10 Å². The summed E-state index contributed by atoms with van der Waals surface area (Å²) < 4.78 is 6.99. The van der Waals surface area contributed by atoms with Crippen LogP contribution in [0.4, 0.5) is 0 Å². The topological polar surface area (TPSA) is 90.1 Å². The number of pyridine rings is 2. The minimum Gasteiger partial charge on any atom is -0.481 e. The van der Waals surface area contributed by atoms with Crippen LogP contribution in [0, 0.1) is 0 Å². The second-order valence-corrected chi connectivity index (χ2v) is 8.04. The zero-order valence-corrected chi connectivity index (χ0v) is 17.8. The largest absolute Gasteiger partial charge is 0.481 e. The first-order chi connectivity index (χ1) is 15.1. The number of rotatable bonds is 9. The molecular weight excluding hydrogens is 392 g/mol. The maximum absolute atomic E-state index is 11.4. The Balaban J connectivity index is 1.40. The minimum absolute atomic E-state index is 0.0151. The second-order valence-electron chi connectivity index (χ2n) is 8.04. The van der Waals surface area contributed by atoms with Crippen molar-refractivity contribution in [3.8, 4) is 5.88 Å². The molecule has 0 radical (unpaired) electrons. The van der Waals surface area contributed by atoms with Crippen molar-refractivity contribution in [1.29, 1.82) is 0 Å². The van der Waals surface area contributed by atoms with Gasteiger partial charge in [-0.05, 0) is 61.3 Å². The molecule has 0 amide bonds. The highest BCUT2D eigenvalue weighted by atomic mass is 16.5. The predicted octanol–water partition coefficient (Wildman–Crippen LogP) is 3.80. The molecule has 162 valence electrons. The molecule has 1 aliphatic carbocycles. The Kier molecular flexibility index (Phi) is 6.60. The van der Waals surface area contributed by atoms with E-state index in [2.05, 4.69) is 22.2 Å². The number of methoxy groups -OCH3 is 1. The Morgan fingerprint density at radius 1 is 1.16 bits per heavy atom. The molecule has 7 heteroatoms. The molecule has 0 aliphatic heterocycles. The van der Waals surface area contributed by atoms with Crippen LogP contribution in [0.25, 0.3) is 0 Å². The van der Waals surface area contributed by atoms with Crippen LogP contribution in [0.3, 0.4) is 0 Å². The van der Waals surface area contributed by atoms with E-state index in [1.54, 1.807) is 25.6 Å². The number of fused-ring (bicyclic) bond motifs is 1. The lowest BCUT2D eigenvalue weighted by Gasteiger charge is -2.15. The fraction of sp³-hybridized carbons (Fsp3) is 0.417. The summed E-state index contributed by atoms with van der Waals surface area (Å²) in [5.74, 6) is -0.650. The number of carboxylic acid groups (broad SMARTS) is 1. The SMILES string of the molecule is COc1ccc(C(CC(=O)O)c2cnn(CCCc3ccc4c(n3)CCCC4)c2)cn1. The Morgan fingerprint density at radius 2 is 2.03 bits per heavy atom. The van der Waals surface area contributed by atoms with Gasteiger partial charge in [0.05, 0.1) is 19.7 Å². The molecule has 0 saturated heterocycles. The summed E-state index contributed by atoms with van der Waals surface area (Å²) in [6.45, 7) is 0.763. The molecule has 3 aromatic rings. The number of aromatic nitrogens is 4. The number of aryl methyl sites for hydroxylation is 4. The molecule has 1 aliphatic rings. The summed E-state index contributed by atoms with van der Waals surface area (Å²) in [7, 11) is 1.56. The molecule has 3 aromatic heterocycles. The molecule has 0 fully saturated rings. The average Bonchev–Trinajstić information content (AvgIpc) is 3.26. The number of ether oxygens (including phenoxy) is 1. The maximum atomic E-state index is 11.4. The van der Waals surface area contributed by atoms with Gasteiger partial charge in [0.25, 0.3) is 0 Å². The van der Waals surface area contributed by atoms with Crippen LogP contribution >= 0.6 is 0 Å². The van der Waals surface area contributed by atoms with Gasteiger partial charge >= 0.3 is 5.97 Å². The zero-order chi connectivity index (χ0) is 21.6. The molecule has 0 saturated carbocycles. The molecule has 0 aromatic carbocycles. The third-order valence-electron chi connectivity index (χ3n) is 5.86. The maximum Gasteiger partial charge on any atom is 0.304 e. The van der Waals surface area contributed by atoms with Crippen LogP contribution in [0.5, 0.6) is 5.88 Å². The van der Waals surface area contributed by atoms with Crippen LogP contribution in [0.1, 0.15) is 59.7 Å². The highest BCUT2D eigenvalue weighted by Gasteiger charge is 2.20. The van der Waals surface area contributed by atoms with Crippen LogP contribution in [-0.2, 0) is 30.6 Å². The first kappa shape index (κ1) is 21.0. The van der Waals surface area contributed by atoms with Gasteiger partial charge in [-0.3, -0.25) is 14.5 Å². The molecule has 0 bridgehead atoms. The molecule has 3 heterocycles. The summed E-state index contributed by atoms with van der Waals surface area (Å²) in [4.78, 5) is 20.5. The summed E-state index contributed by atoms with van der Waals surface area (Å²) in [6.07, 6.45) is 11.9. The van der Waals surface area contributed by atoms with Crippen molar-refractivity contribution >= 4 is 5.97 Å². The third-order valence-corrected chi connectivity index (χ3v) is 5.86.